The van der Waals surface area contributed by atoms with Crippen LogP contribution in [0.15, 0.2) is 30.5 Å². The molecule has 0 saturated carbocycles. The molecule has 0 aliphatic carbocycles. The molecular formula is C14H17N3O. The number of para-hydroxylation sites is 2. The van der Waals surface area contributed by atoms with E-state index < -0.39 is 0 Å². The van der Waals surface area contributed by atoms with Crippen LogP contribution in [0.25, 0.3) is 11.0 Å². The Morgan fingerprint density at radius 3 is 2.89 bits per heavy atom. The van der Waals surface area contributed by atoms with Crippen molar-refractivity contribution in [2.45, 2.75) is 18.9 Å². The average molecular weight is 243 g/mol. The quantitative estimate of drug-likeness (QED) is 0.877. The van der Waals surface area contributed by atoms with Crippen LogP contribution in [0.4, 0.5) is 0 Å². The third-order valence-corrected chi connectivity index (χ3v) is 3.51. The summed E-state index contributed by atoms with van der Waals surface area (Å²) < 4.78 is 5.48. The Morgan fingerprint density at radius 1 is 1.28 bits per heavy atom. The van der Waals surface area contributed by atoms with Crippen LogP contribution in [-0.2, 0) is 4.74 Å². The van der Waals surface area contributed by atoms with Crippen LogP contribution in [-0.4, -0.2) is 23.2 Å². The fraction of sp³-hybridized carbons (Fsp3) is 0.429. The van der Waals surface area contributed by atoms with Crippen LogP contribution in [0.3, 0.4) is 0 Å². The summed E-state index contributed by atoms with van der Waals surface area (Å²) in [4.78, 5) is 9.02. The summed E-state index contributed by atoms with van der Waals surface area (Å²) in [6.45, 7) is 1.59. The molecule has 0 bridgehead atoms. The van der Waals surface area contributed by atoms with Gasteiger partial charge in [0.05, 0.1) is 35.6 Å². The summed E-state index contributed by atoms with van der Waals surface area (Å²) in [6.07, 6.45) is 3.98. The van der Waals surface area contributed by atoms with E-state index in [1.807, 2.05) is 24.3 Å². The highest BCUT2D eigenvalue weighted by Gasteiger charge is 2.23. The van der Waals surface area contributed by atoms with E-state index in [1.165, 1.54) is 0 Å². The first kappa shape index (κ1) is 11.6. The first-order chi connectivity index (χ1) is 8.84. The lowest BCUT2D eigenvalue weighted by molar-refractivity contribution is 0.0442. The van der Waals surface area contributed by atoms with Gasteiger partial charge in [-0.15, -0.1) is 0 Å². The Balaban J connectivity index is 1.88. The number of benzene rings is 1. The van der Waals surface area contributed by atoms with Crippen molar-refractivity contribution in [1.29, 1.82) is 0 Å². The molecule has 1 saturated heterocycles. The van der Waals surface area contributed by atoms with Crippen LogP contribution in [0.5, 0.6) is 0 Å². The summed E-state index contributed by atoms with van der Waals surface area (Å²) >= 11 is 0. The molecule has 2 atom stereocenters. The summed E-state index contributed by atoms with van der Waals surface area (Å²) in [5.74, 6) is 0.356. The molecule has 2 unspecified atom stereocenters. The van der Waals surface area contributed by atoms with E-state index in [0.29, 0.717) is 5.92 Å². The van der Waals surface area contributed by atoms with Crippen LogP contribution < -0.4 is 5.73 Å². The van der Waals surface area contributed by atoms with Gasteiger partial charge in [0.1, 0.15) is 0 Å². The molecular weight excluding hydrogens is 226 g/mol. The number of fused-ring (bicyclic) bond motifs is 1. The van der Waals surface area contributed by atoms with Crippen LogP contribution in [0.1, 0.15) is 24.6 Å². The highest BCUT2D eigenvalue weighted by atomic mass is 16.5. The van der Waals surface area contributed by atoms with Crippen LogP contribution >= 0.6 is 0 Å². The topological polar surface area (TPSA) is 61.0 Å². The van der Waals surface area contributed by atoms with Gasteiger partial charge < -0.3 is 10.5 Å². The molecule has 1 aromatic heterocycles. The molecule has 94 valence electrons. The highest BCUT2D eigenvalue weighted by molar-refractivity contribution is 5.73. The predicted octanol–water partition coefficient (Wildman–Crippen LogP) is 2.06. The van der Waals surface area contributed by atoms with Gasteiger partial charge in [-0.25, -0.2) is 4.98 Å². The Bertz CT molecular complexity index is 537. The third-order valence-electron chi connectivity index (χ3n) is 3.51. The van der Waals surface area contributed by atoms with Gasteiger partial charge in [0, 0.05) is 12.5 Å². The van der Waals surface area contributed by atoms with E-state index >= 15 is 0 Å². The van der Waals surface area contributed by atoms with Crippen molar-refractivity contribution in [2.24, 2.45) is 11.7 Å². The highest BCUT2D eigenvalue weighted by Crippen LogP contribution is 2.26. The van der Waals surface area contributed by atoms with Crippen molar-refractivity contribution < 1.29 is 4.74 Å². The van der Waals surface area contributed by atoms with Crippen molar-refractivity contribution in [3.8, 4) is 0 Å². The predicted molar refractivity (Wildman–Crippen MR) is 70.0 cm³/mol. The van der Waals surface area contributed by atoms with Gasteiger partial charge in [0.25, 0.3) is 0 Å². The van der Waals surface area contributed by atoms with E-state index in [4.69, 9.17) is 10.5 Å². The standard InChI is InChI=1S/C14H17N3O/c15-14(10-4-3-7-18-9-10)13-8-16-11-5-1-2-6-12(11)17-13/h1-2,5-6,8,10,14H,3-4,7,9,15H2. The second-order valence-corrected chi connectivity index (χ2v) is 4.79. The monoisotopic (exact) mass is 243 g/mol. The van der Waals surface area contributed by atoms with Crippen molar-refractivity contribution in [3.63, 3.8) is 0 Å². The molecule has 0 radical (unpaired) electrons. The molecule has 4 heteroatoms. The van der Waals surface area contributed by atoms with Gasteiger partial charge in [-0.2, -0.15) is 0 Å². The maximum atomic E-state index is 6.28. The Labute approximate surface area is 106 Å². The SMILES string of the molecule is NC(c1cnc2ccccc2n1)C1CCCOC1. The molecule has 0 spiro atoms. The summed E-state index contributed by atoms with van der Waals surface area (Å²) in [6, 6.07) is 7.78. The lowest BCUT2D eigenvalue weighted by atomic mass is 9.92. The van der Waals surface area contributed by atoms with E-state index in [2.05, 4.69) is 9.97 Å². The van der Waals surface area contributed by atoms with Gasteiger partial charge in [-0.3, -0.25) is 4.98 Å². The van der Waals surface area contributed by atoms with Crippen molar-refractivity contribution in [1.82, 2.24) is 9.97 Å². The second kappa shape index (κ2) is 5.00. The maximum absolute atomic E-state index is 6.28. The van der Waals surface area contributed by atoms with Crippen LogP contribution in [0.2, 0.25) is 0 Å². The van der Waals surface area contributed by atoms with Gasteiger partial charge >= 0.3 is 0 Å². The van der Waals surface area contributed by atoms with Crippen molar-refractivity contribution in [2.75, 3.05) is 13.2 Å². The first-order valence-corrected chi connectivity index (χ1v) is 6.39. The molecule has 2 N–H and O–H groups in total. The van der Waals surface area contributed by atoms with E-state index in [-0.39, 0.29) is 6.04 Å². The smallest absolute Gasteiger partial charge is 0.0890 e. The second-order valence-electron chi connectivity index (χ2n) is 4.79. The van der Waals surface area contributed by atoms with Crippen molar-refractivity contribution >= 4 is 11.0 Å². The molecule has 1 aliphatic rings. The number of rotatable bonds is 2. The number of ether oxygens (including phenoxy) is 1. The first-order valence-electron chi connectivity index (χ1n) is 6.39. The van der Waals surface area contributed by atoms with E-state index in [9.17, 15) is 0 Å². The minimum Gasteiger partial charge on any atom is -0.381 e. The normalized spacial score (nSPS) is 21.9. The molecule has 1 fully saturated rings. The number of hydrogen-bond acceptors (Lipinski definition) is 4. The maximum Gasteiger partial charge on any atom is 0.0890 e. The average Bonchev–Trinajstić information content (AvgIpc) is 2.47. The lowest BCUT2D eigenvalue weighted by Gasteiger charge is -2.27. The molecule has 2 aromatic rings. The Kier molecular flexibility index (Phi) is 3.21. The molecule has 0 amide bonds. The zero-order valence-electron chi connectivity index (χ0n) is 10.2. The zero-order valence-corrected chi connectivity index (χ0v) is 10.2. The number of hydrogen-bond donors (Lipinski definition) is 1. The summed E-state index contributed by atoms with van der Waals surface area (Å²) in [7, 11) is 0. The lowest BCUT2D eigenvalue weighted by Crippen LogP contribution is -2.29. The van der Waals surface area contributed by atoms with Gasteiger partial charge in [-0.1, -0.05) is 12.1 Å². The zero-order chi connectivity index (χ0) is 12.4. The number of nitrogens with two attached hydrogens (primary N) is 1. The third kappa shape index (κ3) is 2.21. The van der Waals surface area contributed by atoms with Crippen molar-refractivity contribution in [3.05, 3.63) is 36.2 Å². The molecule has 18 heavy (non-hydrogen) atoms. The van der Waals surface area contributed by atoms with E-state index in [0.717, 1.165) is 42.8 Å². The fourth-order valence-electron chi connectivity index (χ4n) is 2.42. The molecule has 3 rings (SSSR count). The number of aromatic nitrogens is 2. The molecule has 1 aromatic carbocycles. The summed E-state index contributed by atoms with van der Waals surface area (Å²) in [5.41, 5.74) is 8.96. The summed E-state index contributed by atoms with van der Waals surface area (Å²) in [5, 5.41) is 0. The van der Waals surface area contributed by atoms with Gasteiger partial charge in [0.15, 0.2) is 0 Å². The van der Waals surface area contributed by atoms with E-state index in [1.54, 1.807) is 6.20 Å². The molecule has 1 aliphatic heterocycles. The number of nitrogens with zero attached hydrogens (tertiary/aromatic N) is 2. The minimum atomic E-state index is -0.0811. The van der Waals surface area contributed by atoms with Gasteiger partial charge in [0.2, 0.25) is 0 Å². The Morgan fingerprint density at radius 2 is 2.11 bits per heavy atom. The van der Waals surface area contributed by atoms with Crippen LogP contribution in [0, 0.1) is 5.92 Å². The largest absolute Gasteiger partial charge is 0.381 e. The fourth-order valence-corrected chi connectivity index (χ4v) is 2.42. The molecule has 4 nitrogen and oxygen atoms in total. The Hall–Kier alpha value is -1.52. The minimum absolute atomic E-state index is 0.0811. The molecule has 2 heterocycles. The van der Waals surface area contributed by atoms with Gasteiger partial charge in [-0.05, 0) is 25.0 Å².